The molecule has 4 N–H and O–H groups in total. The number of halogens is 2. The fourth-order valence-corrected chi connectivity index (χ4v) is 3.21. The van der Waals surface area contributed by atoms with Crippen LogP contribution in [0.4, 0.5) is 16.6 Å². The second-order valence-electron chi connectivity index (χ2n) is 4.61. The highest BCUT2D eigenvalue weighted by atomic mass is 79.9. The van der Waals surface area contributed by atoms with E-state index in [9.17, 15) is 4.79 Å². The normalized spacial score (nSPS) is 10.7. The Kier molecular flexibility index (Phi) is 5.23. The number of hydrogen-bond acceptors (Lipinski definition) is 5. The van der Waals surface area contributed by atoms with Gasteiger partial charge in [-0.05, 0) is 48.0 Å². The zero-order valence-electron chi connectivity index (χ0n) is 11.4. The van der Waals surface area contributed by atoms with Crippen molar-refractivity contribution >= 4 is 65.7 Å². The summed E-state index contributed by atoms with van der Waals surface area (Å²) in [5.74, 6) is -0.0487. The number of aromatic nitrogens is 1. The van der Waals surface area contributed by atoms with Crippen LogP contribution in [0.15, 0.2) is 27.1 Å². The van der Waals surface area contributed by atoms with Crippen molar-refractivity contribution in [2.24, 2.45) is 0 Å². The van der Waals surface area contributed by atoms with E-state index < -0.39 is 0 Å². The number of rotatable bonds is 4. The molecule has 0 aliphatic heterocycles. The molecule has 0 saturated carbocycles. The summed E-state index contributed by atoms with van der Waals surface area (Å²) in [6.45, 7) is 3.99. The summed E-state index contributed by atoms with van der Waals surface area (Å²) in [7, 11) is 0. The van der Waals surface area contributed by atoms with Crippen LogP contribution in [0, 0.1) is 0 Å². The van der Waals surface area contributed by atoms with Crippen molar-refractivity contribution in [1.29, 1.82) is 0 Å². The van der Waals surface area contributed by atoms with Crippen LogP contribution >= 0.6 is 43.2 Å². The van der Waals surface area contributed by atoms with Crippen LogP contribution in [0.25, 0.3) is 0 Å². The van der Waals surface area contributed by atoms with Gasteiger partial charge >= 0.3 is 0 Å². The zero-order chi connectivity index (χ0) is 15.6. The van der Waals surface area contributed by atoms with E-state index in [4.69, 9.17) is 5.73 Å². The number of benzene rings is 1. The standard InChI is InChI=1S/C13H14Br2N4OS/c1-6(2)17-13-19-11(16)10(21-13)12(20)18-9-5-7(14)3-4-8(9)15/h3-6H,16H2,1-2H3,(H,17,19)(H,18,20). The molecule has 2 rings (SSSR count). The lowest BCUT2D eigenvalue weighted by Crippen LogP contribution is -2.12. The van der Waals surface area contributed by atoms with Crippen LogP contribution in [0.2, 0.25) is 0 Å². The molecule has 2 aromatic rings. The zero-order valence-corrected chi connectivity index (χ0v) is 15.4. The summed E-state index contributed by atoms with van der Waals surface area (Å²) in [6.07, 6.45) is 0. The van der Waals surface area contributed by atoms with Gasteiger partial charge in [-0.2, -0.15) is 0 Å². The average Bonchev–Trinajstić information content (AvgIpc) is 2.74. The molecule has 1 aromatic heterocycles. The van der Waals surface area contributed by atoms with Crippen LogP contribution in [0.5, 0.6) is 0 Å². The predicted molar refractivity (Wildman–Crippen MR) is 95.1 cm³/mol. The van der Waals surface area contributed by atoms with Gasteiger partial charge < -0.3 is 16.4 Å². The van der Waals surface area contributed by atoms with E-state index in [0.717, 1.165) is 8.95 Å². The Bertz CT molecular complexity index is 672. The summed E-state index contributed by atoms with van der Waals surface area (Å²) in [6, 6.07) is 5.77. The van der Waals surface area contributed by atoms with Gasteiger partial charge in [0.25, 0.3) is 5.91 Å². The first kappa shape index (κ1) is 16.3. The van der Waals surface area contributed by atoms with E-state index in [0.29, 0.717) is 15.7 Å². The number of anilines is 3. The van der Waals surface area contributed by atoms with Gasteiger partial charge in [0, 0.05) is 15.0 Å². The molecule has 0 bridgehead atoms. The van der Waals surface area contributed by atoms with E-state index in [-0.39, 0.29) is 17.8 Å². The van der Waals surface area contributed by atoms with Gasteiger partial charge in [-0.25, -0.2) is 4.98 Å². The molecular formula is C13H14Br2N4OS. The number of thiazole rings is 1. The summed E-state index contributed by atoms with van der Waals surface area (Å²) in [4.78, 5) is 16.9. The van der Waals surface area contributed by atoms with Crippen LogP contribution in [0.3, 0.4) is 0 Å². The van der Waals surface area contributed by atoms with E-state index in [1.807, 2.05) is 32.0 Å². The molecule has 5 nitrogen and oxygen atoms in total. The molecule has 0 aliphatic carbocycles. The Morgan fingerprint density at radius 1 is 1.38 bits per heavy atom. The van der Waals surface area contributed by atoms with Crippen molar-refractivity contribution in [2.45, 2.75) is 19.9 Å². The second kappa shape index (κ2) is 6.76. The smallest absolute Gasteiger partial charge is 0.269 e. The average molecular weight is 434 g/mol. The van der Waals surface area contributed by atoms with Gasteiger partial charge in [0.2, 0.25) is 0 Å². The highest BCUT2D eigenvalue weighted by Gasteiger charge is 2.17. The van der Waals surface area contributed by atoms with Gasteiger partial charge in [0.05, 0.1) is 5.69 Å². The van der Waals surface area contributed by atoms with E-state index >= 15 is 0 Å². The van der Waals surface area contributed by atoms with Crippen molar-refractivity contribution in [3.63, 3.8) is 0 Å². The fraction of sp³-hybridized carbons (Fsp3) is 0.231. The number of carbonyl (C=O) groups is 1. The molecule has 0 fully saturated rings. The minimum atomic E-state index is -0.277. The minimum absolute atomic E-state index is 0.227. The monoisotopic (exact) mass is 432 g/mol. The molecule has 0 radical (unpaired) electrons. The first-order valence-electron chi connectivity index (χ1n) is 6.16. The summed E-state index contributed by atoms with van der Waals surface area (Å²) >= 11 is 8.01. The maximum absolute atomic E-state index is 12.3. The summed E-state index contributed by atoms with van der Waals surface area (Å²) < 4.78 is 1.67. The van der Waals surface area contributed by atoms with Crippen LogP contribution in [-0.4, -0.2) is 16.9 Å². The lowest BCUT2D eigenvalue weighted by atomic mass is 10.3. The van der Waals surface area contributed by atoms with E-state index in [1.54, 1.807) is 0 Å². The molecule has 0 aliphatic rings. The topological polar surface area (TPSA) is 80.0 Å². The number of carbonyl (C=O) groups excluding carboxylic acids is 1. The SMILES string of the molecule is CC(C)Nc1nc(N)c(C(=O)Nc2cc(Br)ccc2Br)s1. The molecule has 0 spiro atoms. The third-order valence-corrected chi connectivity index (χ3v) is 4.63. The molecular weight excluding hydrogens is 420 g/mol. The number of nitrogens with two attached hydrogens (primary N) is 1. The molecule has 1 aromatic carbocycles. The molecule has 1 heterocycles. The number of nitrogen functional groups attached to an aromatic ring is 1. The van der Waals surface area contributed by atoms with Crippen molar-refractivity contribution < 1.29 is 4.79 Å². The highest BCUT2D eigenvalue weighted by Crippen LogP contribution is 2.29. The second-order valence-corrected chi connectivity index (χ2v) is 7.38. The lowest BCUT2D eigenvalue weighted by Gasteiger charge is -2.07. The van der Waals surface area contributed by atoms with Gasteiger partial charge in [-0.15, -0.1) is 0 Å². The largest absolute Gasteiger partial charge is 0.382 e. The highest BCUT2D eigenvalue weighted by molar-refractivity contribution is 9.11. The fourth-order valence-electron chi connectivity index (χ4n) is 1.58. The Labute approximate surface area is 143 Å². The molecule has 8 heteroatoms. The molecule has 112 valence electrons. The van der Waals surface area contributed by atoms with Crippen LogP contribution in [-0.2, 0) is 0 Å². The third-order valence-electron chi connectivity index (χ3n) is 2.45. The van der Waals surface area contributed by atoms with Crippen molar-refractivity contribution in [3.8, 4) is 0 Å². The Balaban J connectivity index is 2.20. The molecule has 0 saturated heterocycles. The maximum atomic E-state index is 12.3. The Hall–Kier alpha value is -1.12. The van der Waals surface area contributed by atoms with Gasteiger partial charge in [-0.1, -0.05) is 27.3 Å². The molecule has 21 heavy (non-hydrogen) atoms. The van der Waals surface area contributed by atoms with Gasteiger partial charge in [0.1, 0.15) is 10.7 Å². The summed E-state index contributed by atoms with van der Waals surface area (Å²) in [5, 5.41) is 6.60. The van der Waals surface area contributed by atoms with Crippen molar-refractivity contribution in [2.75, 3.05) is 16.4 Å². The van der Waals surface area contributed by atoms with Crippen molar-refractivity contribution in [3.05, 3.63) is 32.0 Å². The van der Waals surface area contributed by atoms with Gasteiger partial charge in [0.15, 0.2) is 5.13 Å². The Morgan fingerprint density at radius 3 is 2.76 bits per heavy atom. The Morgan fingerprint density at radius 2 is 2.10 bits per heavy atom. The first-order valence-corrected chi connectivity index (χ1v) is 8.56. The number of hydrogen-bond donors (Lipinski definition) is 3. The number of nitrogens with zero attached hydrogens (tertiary/aromatic N) is 1. The quantitative estimate of drug-likeness (QED) is 0.670. The van der Waals surface area contributed by atoms with Crippen LogP contribution < -0.4 is 16.4 Å². The first-order chi connectivity index (χ1) is 9.86. The predicted octanol–water partition coefficient (Wildman–Crippen LogP) is 4.32. The molecule has 0 atom stereocenters. The third kappa shape index (κ3) is 4.18. The number of amides is 1. The molecule has 0 unspecified atom stereocenters. The van der Waals surface area contributed by atoms with E-state index in [2.05, 4.69) is 47.5 Å². The van der Waals surface area contributed by atoms with Crippen LogP contribution in [0.1, 0.15) is 23.5 Å². The summed E-state index contributed by atoms with van der Waals surface area (Å²) in [5.41, 5.74) is 6.48. The van der Waals surface area contributed by atoms with Gasteiger partial charge in [-0.3, -0.25) is 4.79 Å². The maximum Gasteiger partial charge on any atom is 0.269 e. The van der Waals surface area contributed by atoms with Crippen molar-refractivity contribution in [1.82, 2.24) is 4.98 Å². The lowest BCUT2D eigenvalue weighted by molar-refractivity contribution is 0.103. The minimum Gasteiger partial charge on any atom is -0.382 e. The van der Waals surface area contributed by atoms with E-state index in [1.165, 1.54) is 11.3 Å². The molecule has 1 amide bonds. The number of nitrogens with one attached hydrogen (secondary N) is 2.